The average molecular weight is 162 g/mol. The van der Waals surface area contributed by atoms with Crippen LogP contribution in [0.25, 0.3) is 0 Å². The molecular formula is C10H10O2. The van der Waals surface area contributed by atoms with Gasteiger partial charge < -0.3 is 4.74 Å². The lowest BCUT2D eigenvalue weighted by Gasteiger charge is -2.02. The lowest BCUT2D eigenvalue weighted by atomic mass is 10.0. The second-order valence-electron chi connectivity index (χ2n) is 3.03. The Labute approximate surface area is 71.2 Å². The molecular weight excluding hydrogens is 152 g/mol. The summed E-state index contributed by atoms with van der Waals surface area (Å²) in [5.41, 5.74) is 2.92. The Bertz CT molecular complexity index is 329. The van der Waals surface area contributed by atoms with E-state index in [1.54, 1.807) is 0 Å². The Balaban J connectivity index is 2.56. The topological polar surface area (TPSA) is 26.3 Å². The number of hydrogen-bond acceptors (Lipinski definition) is 2. The molecule has 62 valence electrons. The van der Waals surface area contributed by atoms with Crippen LogP contribution in [0.3, 0.4) is 0 Å². The van der Waals surface area contributed by atoms with Gasteiger partial charge in [0.05, 0.1) is 6.61 Å². The van der Waals surface area contributed by atoms with Crippen LogP contribution in [0, 0.1) is 6.92 Å². The molecule has 0 atom stereocenters. The molecule has 1 aliphatic rings. The smallest absolute Gasteiger partial charge is 0.150 e. The Hall–Kier alpha value is -1.31. The molecule has 1 aliphatic heterocycles. The third-order valence-electron chi connectivity index (χ3n) is 2.21. The van der Waals surface area contributed by atoms with E-state index in [9.17, 15) is 4.79 Å². The molecule has 1 heterocycles. The highest BCUT2D eigenvalue weighted by molar-refractivity contribution is 5.78. The lowest BCUT2D eigenvalue weighted by molar-refractivity contribution is 0.112. The fourth-order valence-electron chi connectivity index (χ4n) is 1.47. The zero-order chi connectivity index (χ0) is 8.55. The van der Waals surface area contributed by atoms with Crippen molar-refractivity contribution in [1.29, 1.82) is 0 Å². The Morgan fingerprint density at radius 3 is 3.08 bits per heavy atom. The monoisotopic (exact) mass is 162 g/mol. The zero-order valence-corrected chi connectivity index (χ0v) is 6.96. The molecule has 0 N–H and O–H groups in total. The molecule has 0 saturated carbocycles. The molecule has 0 spiro atoms. The van der Waals surface area contributed by atoms with Crippen molar-refractivity contribution in [2.24, 2.45) is 0 Å². The van der Waals surface area contributed by atoms with Gasteiger partial charge in [-0.15, -0.1) is 0 Å². The number of carbonyl (C=O) groups excluding carboxylic acids is 1. The highest BCUT2D eigenvalue weighted by atomic mass is 16.5. The largest absolute Gasteiger partial charge is 0.493 e. The van der Waals surface area contributed by atoms with E-state index >= 15 is 0 Å². The molecule has 0 aliphatic carbocycles. The first-order valence-electron chi connectivity index (χ1n) is 4.03. The fraction of sp³-hybridized carbons (Fsp3) is 0.300. The van der Waals surface area contributed by atoms with Crippen molar-refractivity contribution in [3.63, 3.8) is 0 Å². The van der Waals surface area contributed by atoms with Gasteiger partial charge in [-0.2, -0.15) is 0 Å². The molecule has 1 aromatic carbocycles. The van der Waals surface area contributed by atoms with Gasteiger partial charge in [0.25, 0.3) is 0 Å². The van der Waals surface area contributed by atoms with E-state index in [1.807, 2.05) is 19.1 Å². The molecule has 0 amide bonds. The number of benzene rings is 1. The van der Waals surface area contributed by atoms with Gasteiger partial charge in [0, 0.05) is 12.0 Å². The van der Waals surface area contributed by atoms with Gasteiger partial charge in [-0.1, -0.05) is 0 Å². The fourth-order valence-corrected chi connectivity index (χ4v) is 1.47. The van der Waals surface area contributed by atoms with Crippen molar-refractivity contribution in [2.75, 3.05) is 6.61 Å². The molecule has 0 bridgehead atoms. The summed E-state index contributed by atoms with van der Waals surface area (Å²) in [6.45, 7) is 2.67. The van der Waals surface area contributed by atoms with Crippen LogP contribution in [0.15, 0.2) is 12.1 Å². The number of fused-ring (bicyclic) bond motifs is 1. The minimum atomic E-state index is 0.747. The Morgan fingerprint density at radius 2 is 2.33 bits per heavy atom. The summed E-state index contributed by atoms with van der Waals surface area (Å²) < 4.78 is 5.36. The van der Waals surface area contributed by atoms with Crippen LogP contribution < -0.4 is 4.74 Å². The van der Waals surface area contributed by atoms with Crippen LogP contribution in [0.5, 0.6) is 5.75 Å². The lowest BCUT2D eigenvalue weighted by Crippen LogP contribution is -1.88. The van der Waals surface area contributed by atoms with E-state index in [2.05, 4.69) is 0 Å². The SMILES string of the molecule is Cc1cc2c(cc1C=O)CCO2. The van der Waals surface area contributed by atoms with Gasteiger partial charge in [-0.3, -0.25) is 4.79 Å². The van der Waals surface area contributed by atoms with E-state index in [4.69, 9.17) is 4.74 Å². The molecule has 12 heavy (non-hydrogen) atoms. The molecule has 0 unspecified atom stereocenters. The molecule has 1 aromatic rings. The first-order valence-corrected chi connectivity index (χ1v) is 4.03. The van der Waals surface area contributed by atoms with Crippen LogP contribution >= 0.6 is 0 Å². The van der Waals surface area contributed by atoms with Gasteiger partial charge in [0.2, 0.25) is 0 Å². The maximum Gasteiger partial charge on any atom is 0.150 e. The second-order valence-corrected chi connectivity index (χ2v) is 3.03. The van der Waals surface area contributed by atoms with Crippen molar-refractivity contribution < 1.29 is 9.53 Å². The molecule has 0 saturated heterocycles. The Kier molecular flexibility index (Phi) is 1.61. The van der Waals surface area contributed by atoms with Crippen molar-refractivity contribution in [2.45, 2.75) is 13.3 Å². The summed E-state index contributed by atoms with van der Waals surface area (Å²) in [6, 6.07) is 3.86. The van der Waals surface area contributed by atoms with Crippen LogP contribution in [-0.4, -0.2) is 12.9 Å². The number of carbonyl (C=O) groups is 1. The molecule has 0 fully saturated rings. The zero-order valence-electron chi connectivity index (χ0n) is 6.96. The summed E-state index contributed by atoms with van der Waals surface area (Å²) in [4.78, 5) is 10.6. The van der Waals surface area contributed by atoms with E-state index in [-0.39, 0.29) is 0 Å². The maximum absolute atomic E-state index is 10.6. The molecule has 2 nitrogen and oxygen atoms in total. The maximum atomic E-state index is 10.6. The van der Waals surface area contributed by atoms with E-state index in [0.717, 1.165) is 41.8 Å². The van der Waals surface area contributed by atoms with Crippen LogP contribution in [0.4, 0.5) is 0 Å². The minimum Gasteiger partial charge on any atom is -0.493 e. The van der Waals surface area contributed by atoms with Gasteiger partial charge >= 0.3 is 0 Å². The normalized spacial score (nSPS) is 13.8. The predicted octanol–water partition coefficient (Wildman–Crippen LogP) is 1.74. The van der Waals surface area contributed by atoms with Crippen LogP contribution in [0.1, 0.15) is 21.5 Å². The first kappa shape index (κ1) is 7.35. The number of hydrogen-bond donors (Lipinski definition) is 0. The van der Waals surface area contributed by atoms with Gasteiger partial charge in [0.1, 0.15) is 12.0 Å². The number of ether oxygens (including phenoxy) is 1. The summed E-state index contributed by atoms with van der Waals surface area (Å²) in [7, 11) is 0. The quantitative estimate of drug-likeness (QED) is 0.588. The average Bonchev–Trinajstić information content (AvgIpc) is 2.49. The summed E-state index contributed by atoms with van der Waals surface area (Å²) in [5, 5.41) is 0. The molecule has 0 radical (unpaired) electrons. The second kappa shape index (κ2) is 2.63. The Morgan fingerprint density at radius 1 is 1.50 bits per heavy atom. The van der Waals surface area contributed by atoms with Crippen LogP contribution in [0.2, 0.25) is 0 Å². The molecule has 2 rings (SSSR count). The molecule has 2 heteroatoms. The summed E-state index contributed by atoms with van der Waals surface area (Å²) in [6.07, 6.45) is 1.82. The van der Waals surface area contributed by atoms with Crippen molar-refractivity contribution in [3.05, 3.63) is 28.8 Å². The summed E-state index contributed by atoms with van der Waals surface area (Å²) >= 11 is 0. The van der Waals surface area contributed by atoms with E-state index in [0.29, 0.717) is 0 Å². The van der Waals surface area contributed by atoms with Gasteiger partial charge in [-0.05, 0) is 30.2 Å². The van der Waals surface area contributed by atoms with Gasteiger partial charge in [-0.25, -0.2) is 0 Å². The third kappa shape index (κ3) is 0.998. The highest BCUT2D eigenvalue weighted by Gasteiger charge is 2.13. The third-order valence-corrected chi connectivity index (χ3v) is 2.21. The van der Waals surface area contributed by atoms with E-state index in [1.165, 1.54) is 0 Å². The number of aldehydes is 1. The van der Waals surface area contributed by atoms with E-state index < -0.39 is 0 Å². The summed E-state index contributed by atoms with van der Waals surface area (Å²) in [5.74, 6) is 0.943. The standard InChI is InChI=1S/C10H10O2/c1-7-4-10-8(2-3-12-10)5-9(7)6-11/h4-6H,2-3H2,1H3. The van der Waals surface area contributed by atoms with Crippen molar-refractivity contribution in [3.8, 4) is 5.75 Å². The van der Waals surface area contributed by atoms with Gasteiger partial charge in [0.15, 0.2) is 0 Å². The number of rotatable bonds is 1. The molecule has 0 aromatic heterocycles. The first-order chi connectivity index (χ1) is 5.81. The number of aryl methyl sites for hydroxylation is 1. The predicted molar refractivity (Wildman–Crippen MR) is 45.8 cm³/mol. The van der Waals surface area contributed by atoms with Crippen LogP contribution in [-0.2, 0) is 6.42 Å². The highest BCUT2D eigenvalue weighted by Crippen LogP contribution is 2.27. The minimum absolute atomic E-state index is 0.747. The van der Waals surface area contributed by atoms with Crippen molar-refractivity contribution >= 4 is 6.29 Å². The van der Waals surface area contributed by atoms with Crippen molar-refractivity contribution in [1.82, 2.24) is 0 Å².